The molecule has 1 aliphatic heterocycles. The number of nitrogens with zero attached hydrogens (tertiary/aromatic N) is 1. The van der Waals surface area contributed by atoms with Gasteiger partial charge in [0.1, 0.15) is 0 Å². The van der Waals surface area contributed by atoms with Gasteiger partial charge in [0, 0.05) is 11.4 Å². The molecule has 6 heteroatoms. The Hall–Kier alpha value is -1.14. The lowest BCUT2D eigenvalue weighted by atomic mass is 9.98. The van der Waals surface area contributed by atoms with Gasteiger partial charge < -0.3 is 10.1 Å². The maximum atomic E-state index is 12.0. The van der Waals surface area contributed by atoms with E-state index in [4.69, 9.17) is 4.74 Å². The summed E-state index contributed by atoms with van der Waals surface area (Å²) < 4.78 is 6.20. The number of carbonyl (C=O) groups is 1. The van der Waals surface area contributed by atoms with Crippen molar-refractivity contribution in [3.05, 3.63) is 10.6 Å². The molecule has 2 fully saturated rings. The van der Waals surface area contributed by atoms with E-state index in [0.717, 1.165) is 25.0 Å². The van der Waals surface area contributed by atoms with Crippen LogP contribution in [0.4, 0.5) is 9.93 Å². The van der Waals surface area contributed by atoms with Crippen molar-refractivity contribution >= 4 is 22.5 Å². The van der Waals surface area contributed by atoms with Crippen LogP contribution in [0.3, 0.4) is 0 Å². The molecule has 1 unspecified atom stereocenters. The molecule has 2 heterocycles. The van der Waals surface area contributed by atoms with E-state index in [1.807, 2.05) is 6.92 Å². The lowest BCUT2D eigenvalue weighted by molar-refractivity contribution is -0.0340. The quantitative estimate of drug-likeness (QED) is 0.889. The van der Waals surface area contributed by atoms with Crippen molar-refractivity contribution in [1.29, 1.82) is 0 Å². The second kappa shape index (κ2) is 6.54. The van der Waals surface area contributed by atoms with Crippen molar-refractivity contribution < 1.29 is 9.53 Å². The Bertz CT molecular complexity index is 537. The van der Waals surface area contributed by atoms with Crippen molar-refractivity contribution in [1.82, 2.24) is 10.3 Å². The number of urea groups is 1. The van der Waals surface area contributed by atoms with E-state index < -0.39 is 0 Å². The number of ether oxygens (including phenoxy) is 1. The van der Waals surface area contributed by atoms with Gasteiger partial charge in [0.05, 0.1) is 17.4 Å². The van der Waals surface area contributed by atoms with Gasteiger partial charge in [0.2, 0.25) is 0 Å². The van der Waals surface area contributed by atoms with Gasteiger partial charge >= 0.3 is 6.03 Å². The maximum Gasteiger partial charge on any atom is 0.321 e. The highest BCUT2D eigenvalue weighted by molar-refractivity contribution is 7.15. The summed E-state index contributed by atoms with van der Waals surface area (Å²) in [7, 11) is 0. The van der Waals surface area contributed by atoms with E-state index in [9.17, 15) is 4.79 Å². The molecule has 1 aromatic heterocycles. The zero-order valence-electron chi connectivity index (χ0n) is 13.4. The molecule has 2 aliphatic rings. The zero-order chi connectivity index (χ0) is 15.6. The third-order valence-electron chi connectivity index (χ3n) is 4.79. The first-order valence-electron chi connectivity index (χ1n) is 8.29. The van der Waals surface area contributed by atoms with Gasteiger partial charge in [-0.2, -0.15) is 0 Å². The number of carbonyl (C=O) groups excluding carboxylic acids is 1. The fourth-order valence-electron chi connectivity index (χ4n) is 3.58. The highest BCUT2D eigenvalue weighted by Crippen LogP contribution is 2.43. The molecule has 5 nitrogen and oxygen atoms in total. The topological polar surface area (TPSA) is 63.2 Å². The largest absolute Gasteiger partial charge is 0.370 e. The van der Waals surface area contributed by atoms with E-state index in [0.29, 0.717) is 11.7 Å². The van der Waals surface area contributed by atoms with Crippen LogP contribution >= 0.6 is 11.3 Å². The molecule has 1 saturated heterocycles. The van der Waals surface area contributed by atoms with Crippen LogP contribution in [0.25, 0.3) is 0 Å². The smallest absolute Gasteiger partial charge is 0.321 e. The van der Waals surface area contributed by atoms with E-state index in [1.165, 1.54) is 41.9 Å². The summed E-state index contributed by atoms with van der Waals surface area (Å²) in [5, 5.41) is 6.41. The number of amides is 2. The van der Waals surface area contributed by atoms with Gasteiger partial charge in [-0.3, -0.25) is 5.32 Å². The normalized spacial score (nSPS) is 23.1. The summed E-state index contributed by atoms with van der Waals surface area (Å²) >= 11 is 1.53. The Kier molecular flexibility index (Phi) is 4.68. The molecular weight excluding hydrogens is 298 g/mol. The number of rotatable bonds is 4. The highest BCUT2D eigenvalue weighted by Gasteiger charge is 2.42. The summed E-state index contributed by atoms with van der Waals surface area (Å²) in [6, 6.07) is -0.188. The second-order valence-electron chi connectivity index (χ2n) is 6.38. The first kappa shape index (κ1) is 15.7. The van der Waals surface area contributed by atoms with E-state index in [-0.39, 0.29) is 17.7 Å². The standard InChI is InChI=1S/C16H25N3O2S/c1-3-13-11(2)22-15(18-13)19-14(20)17-10-12-6-9-16(21-12)7-4-5-8-16/h12H,3-10H2,1-2H3,(H2,17,18,19,20). The monoisotopic (exact) mass is 323 g/mol. The molecule has 0 aromatic carbocycles. The van der Waals surface area contributed by atoms with Crippen LogP contribution in [0.2, 0.25) is 0 Å². The van der Waals surface area contributed by atoms with Crippen LogP contribution < -0.4 is 10.6 Å². The van der Waals surface area contributed by atoms with Gasteiger partial charge in [0.15, 0.2) is 5.13 Å². The molecule has 2 N–H and O–H groups in total. The molecule has 2 amide bonds. The predicted octanol–water partition coefficient (Wildman–Crippen LogP) is 3.63. The van der Waals surface area contributed by atoms with E-state index >= 15 is 0 Å². The maximum absolute atomic E-state index is 12.0. The van der Waals surface area contributed by atoms with Crippen LogP contribution in [0.5, 0.6) is 0 Å². The molecule has 3 rings (SSSR count). The summed E-state index contributed by atoms with van der Waals surface area (Å²) in [5.41, 5.74) is 1.19. The van der Waals surface area contributed by atoms with Gasteiger partial charge in [-0.05, 0) is 39.0 Å². The third-order valence-corrected chi connectivity index (χ3v) is 5.72. The van der Waals surface area contributed by atoms with Gasteiger partial charge in [-0.25, -0.2) is 9.78 Å². The minimum atomic E-state index is -0.188. The Labute approximate surface area is 135 Å². The first-order valence-corrected chi connectivity index (χ1v) is 9.11. The number of anilines is 1. The van der Waals surface area contributed by atoms with Crippen LogP contribution in [-0.2, 0) is 11.2 Å². The minimum absolute atomic E-state index is 0.130. The average Bonchev–Trinajstić information content (AvgIpc) is 3.20. The summed E-state index contributed by atoms with van der Waals surface area (Å²) in [5.74, 6) is 0. The Morgan fingerprint density at radius 3 is 2.86 bits per heavy atom. The fraction of sp³-hybridized carbons (Fsp3) is 0.750. The number of hydrogen-bond acceptors (Lipinski definition) is 4. The Morgan fingerprint density at radius 2 is 2.18 bits per heavy atom. The minimum Gasteiger partial charge on any atom is -0.370 e. The average molecular weight is 323 g/mol. The molecule has 1 saturated carbocycles. The highest BCUT2D eigenvalue weighted by atomic mass is 32.1. The molecule has 0 radical (unpaired) electrons. The number of nitrogens with one attached hydrogen (secondary N) is 2. The van der Waals surface area contributed by atoms with Crippen molar-refractivity contribution in [3.63, 3.8) is 0 Å². The number of hydrogen-bond donors (Lipinski definition) is 2. The van der Waals surface area contributed by atoms with Crippen molar-refractivity contribution in [2.75, 3.05) is 11.9 Å². The molecule has 0 bridgehead atoms. The van der Waals surface area contributed by atoms with Gasteiger partial charge in [0.25, 0.3) is 0 Å². The summed E-state index contributed by atoms with van der Waals surface area (Å²) in [6.07, 6.45) is 8.19. The van der Waals surface area contributed by atoms with Crippen LogP contribution in [0.15, 0.2) is 0 Å². The molecule has 1 aliphatic carbocycles. The summed E-state index contributed by atoms with van der Waals surface area (Å²) in [4.78, 5) is 17.6. The van der Waals surface area contributed by atoms with Gasteiger partial charge in [-0.1, -0.05) is 19.8 Å². The van der Waals surface area contributed by atoms with Crippen LogP contribution in [0.1, 0.15) is 56.0 Å². The number of aromatic nitrogens is 1. The van der Waals surface area contributed by atoms with Crippen molar-refractivity contribution in [3.8, 4) is 0 Å². The Morgan fingerprint density at radius 1 is 1.41 bits per heavy atom. The van der Waals surface area contributed by atoms with Crippen molar-refractivity contribution in [2.24, 2.45) is 0 Å². The predicted molar refractivity (Wildman–Crippen MR) is 88.6 cm³/mol. The molecule has 1 aromatic rings. The number of aryl methyl sites for hydroxylation is 2. The molecule has 1 spiro atoms. The van der Waals surface area contributed by atoms with Gasteiger partial charge in [-0.15, -0.1) is 11.3 Å². The molecular formula is C16H25N3O2S. The zero-order valence-corrected chi connectivity index (χ0v) is 14.2. The second-order valence-corrected chi connectivity index (χ2v) is 7.58. The molecule has 122 valence electrons. The fourth-order valence-corrected chi connectivity index (χ4v) is 4.48. The van der Waals surface area contributed by atoms with Crippen LogP contribution in [0, 0.1) is 6.92 Å². The first-order chi connectivity index (χ1) is 10.6. The van der Waals surface area contributed by atoms with E-state index in [1.54, 1.807) is 0 Å². The number of thiazole rings is 1. The van der Waals surface area contributed by atoms with Crippen molar-refractivity contribution in [2.45, 2.75) is 70.5 Å². The van der Waals surface area contributed by atoms with Crippen LogP contribution in [-0.4, -0.2) is 29.3 Å². The molecule has 1 atom stereocenters. The SMILES string of the molecule is CCc1nc(NC(=O)NCC2CCC3(CCCC3)O2)sc1C. The lowest BCUT2D eigenvalue weighted by Crippen LogP contribution is -2.36. The van der Waals surface area contributed by atoms with E-state index in [2.05, 4.69) is 22.5 Å². The third kappa shape index (κ3) is 3.43. The Balaban J connectivity index is 1.44. The lowest BCUT2D eigenvalue weighted by Gasteiger charge is -2.23. The summed E-state index contributed by atoms with van der Waals surface area (Å²) in [6.45, 7) is 4.69. The molecule has 22 heavy (non-hydrogen) atoms.